The van der Waals surface area contributed by atoms with Crippen molar-refractivity contribution < 1.29 is 0 Å². The lowest BCUT2D eigenvalue weighted by Crippen LogP contribution is -2.25. The highest BCUT2D eigenvalue weighted by Gasteiger charge is 2.10. The Bertz CT molecular complexity index is 305. The van der Waals surface area contributed by atoms with Gasteiger partial charge in [-0.05, 0) is 35.6 Å². The predicted octanol–water partition coefficient (Wildman–Crippen LogP) is 3.23. The molecule has 0 aliphatic carbocycles. The largest absolute Gasteiger partial charge is 0.312 e. The van der Waals surface area contributed by atoms with Crippen LogP contribution in [0.5, 0.6) is 0 Å². The van der Waals surface area contributed by atoms with Gasteiger partial charge < -0.3 is 5.32 Å². The second-order valence-corrected chi connectivity index (χ2v) is 4.26. The van der Waals surface area contributed by atoms with Crippen molar-refractivity contribution in [3.05, 3.63) is 48.1 Å². The maximum Gasteiger partial charge on any atom is 0.0208 e. The van der Waals surface area contributed by atoms with Crippen LogP contribution >= 0.6 is 0 Å². The van der Waals surface area contributed by atoms with Crippen LogP contribution in [0, 0.1) is 5.92 Å². The Morgan fingerprint density at radius 2 is 2.20 bits per heavy atom. The molecule has 1 N–H and O–H groups in total. The van der Waals surface area contributed by atoms with Crippen LogP contribution in [0.4, 0.5) is 0 Å². The van der Waals surface area contributed by atoms with Gasteiger partial charge in [-0.2, -0.15) is 0 Å². The highest BCUT2D eigenvalue weighted by atomic mass is 14.9. The van der Waals surface area contributed by atoms with Crippen molar-refractivity contribution in [2.75, 3.05) is 13.1 Å². The first kappa shape index (κ1) is 12.0. The zero-order chi connectivity index (χ0) is 11.3. The smallest absolute Gasteiger partial charge is 0.0208 e. The summed E-state index contributed by atoms with van der Waals surface area (Å²) in [7, 11) is 0. The van der Waals surface area contributed by atoms with E-state index in [4.69, 9.17) is 0 Å². The zero-order valence-corrected chi connectivity index (χ0v) is 9.84. The van der Waals surface area contributed by atoms with E-state index in [-0.39, 0.29) is 0 Å². The lowest BCUT2D eigenvalue weighted by atomic mass is 9.94. The summed E-state index contributed by atoms with van der Waals surface area (Å²) in [6, 6.07) is 0. The molecule has 0 radical (unpaired) electrons. The lowest BCUT2D eigenvalue weighted by Gasteiger charge is -2.19. The molecule has 0 saturated carbocycles. The summed E-state index contributed by atoms with van der Waals surface area (Å²) in [4.78, 5) is 0. The van der Waals surface area contributed by atoms with Crippen LogP contribution in [-0.2, 0) is 0 Å². The molecule has 1 aliphatic rings. The Hall–Kier alpha value is -1.08. The molecular weight excluding hydrogens is 182 g/mol. The van der Waals surface area contributed by atoms with Crippen molar-refractivity contribution in [3.8, 4) is 0 Å². The molecule has 1 nitrogen and oxygen atoms in total. The fourth-order valence-electron chi connectivity index (χ4n) is 1.65. The molecule has 1 heterocycles. The van der Waals surface area contributed by atoms with E-state index in [9.17, 15) is 0 Å². The van der Waals surface area contributed by atoms with Gasteiger partial charge in [0.05, 0.1) is 0 Å². The molecule has 0 bridgehead atoms. The molecule has 0 spiro atoms. The molecule has 82 valence electrons. The van der Waals surface area contributed by atoms with Crippen LogP contribution in [-0.4, -0.2) is 13.1 Å². The molecular formula is C14H21N. The molecule has 1 rings (SSSR count). The SMILES string of the molecule is C=C/C=C(\C=C1\CNCCC1=C)C(C)C. The summed E-state index contributed by atoms with van der Waals surface area (Å²) < 4.78 is 0. The second kappa shape index (κ2) is 5.72. The van der Waals surface area contributed by atoms with E-state index in [1.54, 1.807) is 0 Å². The number of hydrogen-bond donors (Lipinski definition) is 1. The molecule has 0 unspecified atom stereocenters. The minimum Gasteiger partial charge on any atom is -0.312 e. The molecule has 0 amide bonds. The topological polar surface area (TPSA) is 12.0 Å². The van der Waals surface area contributed by atoms with E-state index in [1.165, 1.54) is 16.7 Å². The van der Waals surface area contributed by atoms with Crippen LogP contribution in [0.25, 0.3) is 0 Å². The van der Waals surface area contributed by atoms with Gasteiger partial charge >= 0.3 is 0 Å². The van der Waals surface area contributed by atoms with E-state index >= 15 is 0 Å². The molecule has 1 aliphatic heterocycles. The van der Waals surface area contributed by atoms with Gasteiger partial charge in [0.25, 0.3) is 0 Å². The van der Waals surface area contributed by atoms with Gasteiger partial charge in [0.2, 0.25) is 0 Å². The highest BCUT2D eigenvalue weighted by Crippen LogP contribution is 2.20. The molecule has 0 aromatic rings. The Labute approximate surface area is 93.3 Å². The average molecular weight is 203 g/mol. The van der Waals surface area contributed by atoms with E-state index in [1.807, 2.05) is 6.08 Å². The first-order valence-corrected chi connectivity index (χ1v) is 5.57. The van der Waals surface area contributed by atoms with Crippen molar-refractivity contribution >= 4 is 0 Å². The van der Waals surface area contributed by atoms with Crippen LogP contribution in [0.1, 0.15) is 20.3 Å². The molecule has 0 atom stereocenters. The second-order valence-electron chi connectivity index (χ2n) is 4.26. The van der Waals surface area contributed by atoms with Crippen LogP contribution < -0.4 is 5.32 Å². The fourth-order valence-corrected chi connectivity index (χ4v) is 1.65. The minimum atomic E-state index is 0.533. The summed E-state index contributed by atoms with van der Waals surface area (Å²) in [5.74, 6) is 0.533. The molecule has 0 aromatic heterocycles. The molecule has 1 saturated heterocycles. The standard InChI is InChI=1S/C14H21N/c1-5-6-13(11(2)3)9-14-10-15-8-7-12(14)4/h5-6,9,11,15H,1,4,7-8,10H2,2-3H3/b13-6+,14-9-. The Morgan fingerprint density at radius 1 is 1.47 bits per heavy atom. The van der Waals surface area contributed by atoms with Crippen molar-refractivity contribution in [2.45, 2.75) is 20.3 Å². The summed E-state index contributed by atoms with van der Waals surface area (Å²) in [5.41, 5.74) is 3.93. The van der Waals surface area contributed by atoms with Gasteiger partial charge in [0, 0.05) is 6.54 Å². The van der Waals surface area contributed by atoms with Gasteiger partial charge in [0.1, 0.15) is 0 Å². The number of rotatable bonds is 3. The maximum absolute atomic E-state index is 4.11. The summed E-state index contributed by atoms with van der Waals surface area (Å²) in [5, 5.41) is 3.37. The predicted molar refractivity (Wildman–Crippen MR) is 67.8 cm³/mol. The third-order valence-corrected chi connectivity index (χ3v) is 2.69. The van der Waals surface area contributed by atoms with E-state index in [0.29, 0.717) is 5.92 Å². The Kier molecular flexibility index (Phi) is 4.57. The van der Waals surface area contributed by atoms with Crippen molar-refractivity contribution in [1.82, 2.24) is 5.32 Å². The molecule has 0 aromatic carbocycles. The van der Waals surface area contributed by atoms with E-state index in [0.717, 1.165) is 19.5 Å². The van der Waals surface area contributed by atoms with Gasteiger partial charge in [-0.3, -0.25) is 0 Å². The Morgan fingerprint density at radius 3 is 2.73 bits per heavy atom. The lowest BCUT2D eigenvalue weighted by molar-refractivity contribution is 0.681. The number of nitrogens with one attached hydrogen (secondary N) is 1. The molecule has 15 heavy (non-hydrogen) atoms. The maximum atomic E-state index is 4.11. The zero-order valence-electron chi connectivity index (χ0n) is 9.84. The Balaban J connectivity index is 2.86. The first-order valence-electron chi connectivity index (χ1n) is 5.57. The van der Waals surface area contributed by atoms with Gasteiger partial charge in [-0.1, -0.05) is 45.2 Å². The normalized spacial score (nSPS) is 21.1. The van der Waals surface area contributed by atoms with Crippen LogP contribution in [0.15, 0.2) is 48.1 Å². The summed E-state index contributed by atoms with van der Waals surface area (Å²) >= 11 is 0. The third kappa shape index (κ3) is 3.52. The number of hydrogen-bond acceptors (Lipinski definition) is 1. The fraction of sp³-hybridized carbons (Fsp3) is 0.429. The third-order valence-electron chi connectivity index (χ3n) is 2.69. The summed E-state index contributed by atoms with van der Waals surface area (Å²) in [6.45, 7) is 14.3. The quantitative estimate of drug-likeness (QED) is 0.694. The van der Waals surface area contributed by atoms with Gasteiger partial charge in [-0.15, -0.1) is 0 Å². The van der Waals surface area contributed by atoms with Crippen LogP contribution in [0.2, 0.25) is 0 Å². The highest BCUT2D eigenvalue weighted by molar-refractivity contribution is 5.39. The monoisotopic (exact) mass is 203 g/mol. The summed E-state index contributed by atoms with van der Waals surface area (Å²) in [6.07, 6.45) is 7.25. The van der Waals surface area contributed by atoms with Gasteiger partial charge in [-0.25, -0.2) is 0 Å². The van der Waals surface area contributed by atoms with Crippen molar-refractivity contribution in [3.63, 3.8) is 0 Å². The first-order chi connectivity index (χ1) is 7.15. The van der Waals surface area contributed by atoms with Crippen LogP contribution in [0.3, 0.4) is 0 Å². The van der Waals surface area contributed by atoms with Crippen molar-refractivity contribution in [1.29, 1.82) is 0 Å². The van der Waals surface area contributed by atoms with Gasteiger partial charge in [0.15, 0.2) is 0 Å². The van der Waals surface area contributed by atoms with E-state index in [2.05, 4.69) is 44.5 Å². The average Bonchev–Trinajstić information content (AvgIpc) is 2.20. The molecule has 1 heteroatoms. The number of piperidine rings is 1. The number of allylic oxidation sites excluding steroid dienone is 4. The van der Waals surface area contributed by atoms with E-state index < -0.39 is 0 Å². The van der Waals surface area contributed by atoms with Crippen molar-refractivity contribution in [2.24, 2.45) is 5.92 Å². The minimum absolute atomic E-state index is 0.533. The molecule has 1 fully saturated rings.